The molecule has 1 saturated heterocycles. The molecule has 1 aliphatic heterocycles. The molecule has 1 aromatic rings. The second kappa shape index (κ2) is 6.75. The molecule has 1 atom stereocenters. The standard InChI is InChI=1S/C17H25FN2O/c1-21-12-13-3-2-8-20(11-13)17-7-4-15(18)9-14(17)10-19-16-5-6-16/h4,7,9,13,16,19H,2-3,5-6,8,10-12H2,1H3. The van der Waals surface area contributed by atoms with Crippen molar-refractivity contribution in [1.82, 2.24) is 5.32 Å². The van der Waals surface area contributed by atoms with Crippen molar-refractivity contribution in [3.8, 4) is 0 Å². The van der Waals surface area contributed by atoms with Gasteiger partial charge in [0.25, 0.3) is 0 Å². The van der Waals surface area contributed by atoms with Crippen LogP contribution >= 0.6 is 0 Å². The van der Waals surface area contributed by atoms with Crippen molar-refractivity contribution >= 4 is 5.69 Å². The zero-order valence-corrected chi connectivity index (χ0v) is 12.8. The Balaban J connectivity index is 1.72. The lowest BCUT2D eigenvalue weighted by Gasteiger charge is -2.35. The first-order valence-electron chi connectivity index (χ1n) is 8.02. The molecule has 1 aromatic carbocycles. The summed E-state index contributed by atoms with van der Waals surface area (Å²) in [6, 6.07) is 5.85. The Bertz CT molecular complexity index is 474. The third-order valence-corrected chi connectivity index (χ3v) is 4.46. The fourth-order valence-electron chi connectivity index (χ4n) is 3.20. The van der Waals surface area contributed by atoms with Gasteiger partial charge in [0.15, 0.2) is 0 Å². The molecular formula is C17H25FN2O. The summed E-state index contributed by atoms with van der Waals surface area (Å²) in [6.07, 6.45) is 4.91. The van der Waals surface area contributed by atoms with Crippen molar-refractivity contribution in [1.29, 1.82) is 0 Å². The molecule has 2 fully saturated rings. The van der Waals surface area contributed by atoms with Gasteiger partial charge in [-0.25, -0.2) is 4.39 Å². The molecule has 21 heavy (non-hydrogen) atoms. The van der Waals surface area contributed by atoms with Crippen molar-refractivity contribution in [2.75, 3.05) is 31.7 Å². The van der Waals surface area contributed by atoms with Crippen LogP contribution in [0.15, 0.2) is 18.2 Å². The predicted octanol–water partition coefficient (Wildman–Crippen LogP) is 2.94. The first-order valence-corrected chi connectivity index (χ1v) is 8.02. The summed E-state index contributed by atoms with van der Waals surface area (Å²) < 4.78 is 18.9. The highest BCUT2D eigenvalue weighted by atomic mass is 19.1. The molecule has 0 spiro atoms. The molecule has 1 saturated carbocycles. The number of methoxy groups -OCH3 is 1. The SMILES string of the molecule is COCC1CCCN(c2ccc(F)cc2CNC2CC2)C1. The second-order valence-corrected chi connectivity index (χ2v) is 6.34. The van der Waals surface area contributed by atoms with Gasteiger partial charge in [0.05, 0.1) is 6.61 Å². The van der Waals surface area contributed by atoms with Gasteiger partial charge in [0, 0.05) is 38.5 Å². The summed E-state index contributed by atoms with van der Waals surface area (Å²) in [5.74, 6) is 0.440. The Labute approximate surface area is 126 Å². The number of hydrogen-bond acceptors (Lipinski definition) is 3. The molecule has 0 aromatic heterocycles. The molecule has 116 valence electrons. The Morgan fingerprint density at radius 1 is 1.33 bits per heavy atom. The average Bonchev–Trinajstić information content (AvgIpc) is 3.30. The van der Waals surface area contributed by atoms with Crippen molar-refractivity contribution in [3.63, 3.8) is 0 Å². The van der Waals surface area contributed by atoms with Crippen LogP contribution in [0.25, 0.3) is 0 Å². The van der Waals surface area contributed by atoms with E-state index in [0.717, 1.165) is 31.8 Å². The maximum atomic E-state index is 13.6. The Hall–Kier alpha value is -1.13. The van der Waals surface area contributed by atoms with E-state index in [1.54, 1.807) is 19.2 Å². The number of nitrogens with one attached hydrogen (secondary N) is 1. The number of halogens is 1. The maximum Gasteiger partial charge on any atom is 0.123 e. The lowest BCUT2D eigenvalue weighted by atomic mass is 9.97. The number of benzene rings is 1. The molecule has 0 amide bonds. The van der Waals surface area contributed by atoms with E-state index in [9.17, 15) is 4.39 Å². The zero-order chi connectivity index (χ0) is 14.7. The van der Waals surface area contributed by atoms with Crippen LogP contribution in [-0.2, 0) is 11.3 Å². The topological polar surface area (TPSA) is 24.5 Å². The minimum absolute atomic E-state index is 0.142. The largest absolute Gasteiger partial charge is 0.384 e. The molecule has 3 nitrogen and oxygen atoms in total. The highest BCUT2D eigenvalue weighted by molar-refractivity contribution is 5.54. The van der Waals surface area contributed by atoms with Crippen LogP contribution in [0.2, 0.25) is 0 Å². The fraction of sp³-hybridized carbons (Fsp3) is 0.647. The first kappa shape index (κ1) is 14.8. The van der Waals surface area contributed by atoms with Crippen LogP contribution in [-0.4, -0.2) is 32.8 Å². The van der Waals surface area contributed by atoms with E-state index < -0.39 is 0 Å². The lowest BCUT2D eigenvalue weighted by molar-refractivity contribution is 0.143. The number of anilines is 1. The van der Waals surface area contributed by atoms with Crippen molar-refractivity contribution in [3.05, 3.63) is 29.6 Å². The third-order valence-electron chi connectivity index (χ3n) is 4.46. The smallest absolute Gasteiger partial charge is 0.123 e. The van der Waals surface area contributed by atoms with Crippen LogP contribution in [0, 0.1) is 11.7 Å². The summed E-state index contributed by atoms with van der Waals surface area (Å²) >= 11 is 0. The Kier molecular flexibility index (Phi) is 4.76. The van der Waals surface area contributed by atoms with Gasteiger partial charge in [-0.1, -0.05) is 0 Å². The number of ether oxygens (including phenoxy) is 1. The quantitative estimate of drug-likeness (QED) is 0.872. The van der Waals surface area contributed by atoms with E-state index in [4.69, 9.17) is 4.74 Å². The molecule has 3 rings (SSSR count). The van der Waals surface area contributed by atoms with Crippen LogP contribution in [0.5, 0.6) is 0 Å². The van der Waals surface area contributed by atoms with Crippen molar-refractivity contribution < 1.29 is 9.13 Å². The zero-order valence-electron chi connectivity index (χ0n) is 12.8. The lowest BCUT2D eigenvalue weighted by Crippen LogP contribution is -2.38. The third kappa shape index (κ3) is 3.95. The van der Waals surface area contributed by atoms with Gasteiger partial charge in [0.1, 0.15) is 5.82 Å². The van der Waals surface area contributed by atoms with Gasteiger partial charge in [-0.2, -0.15) is 0 Å². The summed E-state index contributed by atoms with van der Waals surface area (Å²) in [5, 5.41) is 3.50. The molecule has 4 heteroatoms. The van der Waals surface area contributed by atoms with Crippen molar-refractivity contribution in [2.24, 2.45) is 5.92 Å². The van der Waals surface area contributed by atoms with E-state index in [-0.39, 0.29) is 5.82 Å². The number of rotatable bonds is 6. The monoisotopic (exact) mass is 292 g/mol. The summed E-state index contributed by atoms with van der Waals surface area (Å²) in [7, 11) is 1.77. The molecule has 1 heterocycles. The van der Waals surface area contributed by atoms with Crippen LogP contribution in [0.4, 0.5) is 10.1 Å². The molecule has 1 unspecified atom stereocenters. The van der Waals surface area contributed by atoms with Gasteiger partial charge in [0.2, 0.25) is 0 Å². The minimum Gasteiger partial charge on any atom is -0.384 e. The van der Waals surface area contributed by atoms with Crippen LogP contribution in [0.1, 0.15) is 31.2 Å². The highest BCUT2D eigenvalue weighted by Crippen LogP contribution is 2.28. The van der Waals surface area contributed by atoms with E-state index in [1.165, 1.54) is 31.4 Å². The Morgan fingerprint density at radius 3 is 2.95 bits per heavy atom. The summed E-state index contributed by atoms with van der Waals surface area (Å²) in [4.78, 5) is 2.40. The van der Waals surface area contributed by atoms with Crippen molar-refractivity contribution in [2.45, 2.75) is 38.3 Å². The molecule has 0 bridgehead atoms. The average molecular weight is 292 g/mol. The first-order chi connectivity index (χ1) is 10.3. The summed E-state index contributed by atoms with van der Waals surface area (Å²) in [6.45, 7) is 3.65. The number of nitrogens with zero attached hydrogens (tertiary/aromatic N) is 1. The molecule has 0 radical (unpaired) electrons. The fourth-order valence-corrected chi connectivity index (χ4v) is 3.20. The minimum atomic E-state index is -0.142. The molecule has 2 aliphatic rings. The normalized spacial score (nSPS) is 22.6. The summed E-state index contributed by atoms with van der Waals surface area (Å²) in [5.41, 5.74) is 2.27. The van der Waals surface area contributed by atoms with E-state index >= 15 is 0 Å². The predicted molar refractivity (Wildman–Crippen MR) is 83.1 cm³/mol. The van der Waals surface area contributed by atoms with E-state index in [2.05, 4.69) is 10.2 Å². The van der Waals surface area contributed by atoms with Gasteiger partial charge in [-0.05, 0) is 55.4 Å². The van der Waals surface area contributed by atoms with Crippen LogP contribution < -0.4 is 10.2 Å². The van der Waals surface area contributed by atoms with E-state index in [1.807, 2.05) is 6.07 Å². The molecule has 1 aliphatic carbocycles. The second-order valence-electron chi connectivity index (χ2n) is 6.34. The molecule has 1 N–H and O–H groups in total. The molecular weight excluding hydrogens is 267 g/mol. The number of hydrogen-bond donors (Lipinski definition) is 1. The highest BCUT2D eigenvalue weighted by Gasteiger charge is 2.24. The maximum absolute atomic E-state index is 13.6. The van der Waals surface area contributed by atoms with Gasteiger partial charge in [-0.15, -0.1) is 0 Å². The van der Waals surface area contributed by atoms with Gasteiger partial charge >= 0.3 is 0 Å². The van der Waals surface area contributed by atoms with Gasteiger partial charge < -0.3 is 15.0 Å². The Morgan fingerprint density at radius 2 is 2.19 bits per heavy atom. The number of piperidine rings is 1. The van der Waals surface area contributed by atoms with Gasteiger partial charge in [-0.3, -0.25) is 0 Å². The van der Waals surface area contributed by atoms with E-state index in [0.29, 0.717) is 12.0 Å². The van der Waals surface area contributed by atoms with Crippen LogP contribution in [0.3, 0.4) is 0 Å².